The van der Waals surface area contributed by atoms with E-state index in [2.05, 4.69) is 22.1 Å². The van der Waals surface area contributed by atoms with E-state index in [9.17, 15) is 4.79 Å². The molecule has 0 amide bonds. The van der Waals surface area contributed by atoms with Crippen LogP contribution >= 0.6 is 22.9 Å². The van der Waals surface area contributed by atoms with Gasteiger partial charge in [-0.1, -0.05) is 41.9 Å². The van der Waals surface area contributed by atoms with Gasteiger partial charge in [-0.2, -0.15) is 9.78 Å². The lowest BCUT2D eigenvalue weighted by Crippen LogP contribution is -2.36. The van der Waals surface area contributed by atoms with E-state index in [0.717, 1.165) is 36.5 Å². The Balaban J connectivity index is 1.45. The molecule has 146 valence electrons. The van der Waals surface area contributed by atoms with Crippen molar-refractivity contribution in [2.24, 2.45) is 0 Å². The molecule has 1 aliphatic rings. The van der Waals surface area contributed by atoms with Gasteiger partial charge in [-0.25, -0.2) is 4.98 Å². The zero-order valence-electron chi connectivity index (χ0n) is 15.7. The largest absolute Gasteiger partial charge is 0.368 e. The summed E-state index contributed by atoms with van der Waals surface area (Å²) in [5.74, 6) is 0.328. The summed E-state index contributed by atoms with van der Waals surface area (Å²) >= 11 is 8.27. The maximum Gasteiger partial charge on any atom is 0.292 e. The van der Waals surface area contributed by atoms with E-state index in [1.54, 1.807) is 17.5 Å². The van der Waals surface area contributed by atoms with Crippen molar-refractivity contribution >= 4 is 38.8 Å². The Morgan fingerprint density at radius 3 is 2.69 bits per heavy atom. The second-order valence-electron chi connectivity index (χ2n) is 7.20. The van der Waals surface area contributed by atoms with Crippen LogP contribution in [0.2, 0.25) is 5.02 Å². The maximum absolute atomic E-state index is 12.8. The van der Waals surface area contributed by atoms with Crippen molar-refractivity contribution in [1.29, 1.82) is 0 Å². The lowest BCUT2D eigenvalue weighted by molar-refractivity contribution is 0.508. The molecule has 5 nitrogen and oxygen atoms in total. The first-order valence-corrected chi connectivity index (χ1v) is 10.8. The summed E-state index contributed by atoms with van der Waals surface area (Å²) in [4.78, 5) is 19.8. The van der Waals surface area contributed by atoms with Crippen LogP contribution in [0.3, 0.4) is 0 Å². The van der Waals surface area contributed by atoms with Crippen LogP contribution in [0.1, 0.15) is 23.8 Å². The topological polar surface area (TPSA) is 51.0 Å². The lowest BCUT2D eigenvalue weighted by atomic mass is 9.98. The highest BCUT2D eigenvalue weighted by molar-refractivity contribution is 7.18. The summed E-state index contributed by atoms with van der Waals surface area (Å²) in [6.07, 6.45) is 3.82. The average molecular weight is 423 g/mol. The summed E-state index contributed by atoms with van der Waals surface area (Å²) < 4.78 is 2.56. The van der Waals surface area contributed by atoms with Gasteiger partial charge in [-0.3, -0.25) is 4.79 Å². The van der Waals surface area contributed by atoms with E-state index in [0.29, 0.717) is 17.3 Å². The van der Waals surface area contributed by atoms with E-state index in [-0.39, 0.29) is 10.6 Å². The van der Waals surface area contributed by atoms with Crippen LogP contribution < -0.4 is 10.5 Å². The monoisotopic (exact) mass is 422 g/mol. The van der Waals surface area contributed by atoms with Gasteiger partial charge in [0.1, 0.15) is 5.02 Å². The Hall–Kier alpha value is -2.70. The average Bonchev–Trinajstić information content (AvgIpc) is 3.21. The molecule has 7 heteroatoms. The molecule has 4 aromatic rings. The van der Waals surface area contributed by atoms with E-state index in [1.807, 2.05) is 42.5 Å². The molecule has 0 unspecified atom stereocenters. The number of rotatable bonds is 3. The highest BCUT2D eigenvalue weighted by Crippen LogP contribution is 2.35. The maximum atomic E-state index is 12.8. The first kappa shape index (κ1) is 18.3. The molecule has 0 radical (unpaired) electrons. The second-order valence-corrected chi connectivity index (χ2v) is 8.64. The van der Waals surface area contributed by atoms with Crippen LogP contribution in [0.25, 0.3) is 15.9 Å². The SMILES string of the molecule is O=c1c(Cl)c(N2CCC[C@@H](c3nc4ccccc4s3)C2)cnn1-c1ccccc1. The van der Waals surface area contributed by atoms with Gasteiger partial charge < -0.3 is 4.90 Å². The van der Waals surface area contributed by atoms with Crippen molar-refractivity contribution in [1.82, 2.24) is 14.8 Å². The van der Waals surface area contributed by atoms with E-state index in [1.165, 1.54) is 9.38 Å². The summed E-state index contributed by atoms with van der Waals surface area (Å²) in [6.45, 7) is 1.65. The van der Waals surface area contributed by atoms with Gasteiger partial charge in [0.25, 0.3) is 5.56 Å². The normalized spacial score (nSPS) is 17.0. The molecule has 3 heterocycles. The minimum atomic E-state index is -0.294. The molecule has 1 aliphatic heterocycles. The first-order chi connectivity index (χ1) is 14.2. The molecule has 1 atom stereocenters. The van der Waals surface area contributed by atoms with Crippen LogP contribution in [-0.4, -0.2) is 27.9 Å². The van der Waals surface area contributed by atoms with Crippen LogP contribution in [0.15, 0.2) is 65.6 Å². The molecule has 2 aromatic carbocycles. The molecule has 0 bridgehead atoms. The van der Waals surface area contributed by atoms with Crippen molar-refractivity contribution in [2.75, 3.05) is 18.0 Å². The fraction of sp³-hybridized carbons (Fsp3) is 0.227. The van der Waals surface area contributed by atoms with Gasteiger partial charge >= 0.3 is 0 Å². The minimum Gasteiger partial charge on any atom is -0.368 e. The smallest absolute Gasteiger partial charge is 0.292 e. The van der Waals surface area contributed by atoms with E-state index in [4.69, 9.17) is 16.6 Å². The first-order valence-electron chi connectivity index (χ1n) is 9.64. The van der Waals surface area contributed by atoms with Gasteiger partial charge in [-0.15, -0.1) is 11.3 Å². The van der Waals surface area contributed by atoms with Crippen LogP contribution in [0.5, 0.6) is 0 Å². The Morgan fingerprint density at radius 1 is 1.07 bits per heavy atom. The van der Waals surface area contributed by atoms with Crippen molar-refractivity contribution in [3.63, 3.8) is 0 Å². The van der Waals surface area contributed by atoms with Crippen LogP contribution in [-0.2, 0) is 0 Å². The van der Waals surface area contributed by atoms with Crippen molar-refractivity contribution in [3.05, 3.63) is 81.2 Å². The number of hydrogen-bond acceptors (Lipinski definition) is 5. The molecule has 2 aromatic heterocycles. The molecule has 1 saturated heterocycles. The molecular formula is C22H19ClN4OS. The standard InChI is InChI=1S/C22H19ClN4OS/c23-20-18(13-24-27(22(20)28)16-8-2-1-3-9-16)26-12-6-7-15(14-26)21-25-17-10-4-5-11-19(17)29-21/h1-5,8-11,13,15H,6-7,12,14H2/t15-/m1/s1. The third kappa shape index (κ3) is 3.43. The Labute approximate surface area is 177 Å². The third-order valence-electron chi connectivity index (χ3n) is 5.32. The number of aromatic nitrogens is 3. The number of anilines is 1. The lowest BCUT2D eigenvalue weighted by Gasteiger charge is -2.33. The number of halogens is 1. The third-order valence-corrected chi connectivity index (χ3v) is 6.88. The Morgan fingerprint density at radius 2 is 1.86 bits per heavy atom. The van der Waals surface area contributed by atoms with Crippen LogP contribution in [0.4, 0.5) is 5.69 Å². The Bertz CT molecular complexity index is 1190. The van der Waals surface area contributed by atoms with Gasteiger partial charge in [0.05, 0.1) is 32.8 Å². The predicted octanol–water partition coefficient (Wildman–Crippen LogP) is 4.88. The van der Waals surface area contributed by atoms with Crippen LogP contribution in [0, 0.1) is 0 Å². The highest BCUT2D eigenvalue weighted by Gasteiger charge is 2.26. The summed E-state index contributed by atoms with van der Waals surface area (Å²) in [6, 6.07) is 17.6. The Kier molecular flexibility index (Phi) is 4.81. The molecule has 0 saturated carbocycles. The van der Waals surface area contributed by atoms with Gasteiger partial charge in [0, 0.05) is 19.0 Å². The number of benzene rings is 2. The number of fused-ring (bicyclic) bond motifs is 1. The van der Waals surface area contributed by atoms with Crippen molar-refractivity contribution in [3.8, 4) is 5.69 Å². The fourth-order valence-corrected chi connectivity index (χ4v) is 5.20. The van der Waals surface area contributed by atoms with Crippen molar-refractivity contribution in [2.45, 2.75) is 18.8 Å². The minimum absolute atomic E-state index is 0.216. The number of para-hydroxylation sites is 2. The molecule has 0 spiro atoms. The number of piperidine rings is 1. The number of nitrogens with zero attached hydrogens (tertiary/aromatic N) is 4. The molecular weight excluding hydrogens is 404 g/mol. The van der Waals surface area contributed by atoms with Gasteiger partial charge in [0.2, 0.25) is 0 Å². The van der Waals surface area contributed by atoms with E-state index >= 15 is 0 Å². The van der Waals surface area contributed by atoms with E-state index < -0.39 is 0 Å². The molecule has 0 N–H and O–H groups in total. The van der Waals surface area contributed by atoms with Gasteiger partial charge in [0.15, 0.2) is 0 Å². The predicted molar refractivity (Wildman–Crippen MR) is 119 cm³/mol. The zero-order valence-corrected chi connectivity index (χ0v) is 17.2. The summed E-state index contributed by atoms with van der Waals surface area (Å²) in [7, 11) is 0. The number of hydrogen-bond donors (Lipinski definition) is 0. The number of thiazole rings is 1. The molecule has 0 aliphatic carbocycles. The molecule has 29 heavy (non-hydrogen) atoms. The molecule has 5 rings (SSSR count). The van der Waals surface area contributed by atoms with Crippen molar-refractivity contribution < 1.29 is 0 Å². The zero-order chi connectivity index (χ0) is 19.8. The highest BCUT2D eigenvalue weighted by atomic mass is 35.5. The summed E-state index contributed by atoms with van der Waals surface area (Å²) in [5.41, 5.74) is 2.17. The molecule has 1 fully saturated rings. The fourth-order valence-electron chi connectivity index (χ4n) is 3.86. The quantitative estimate of drug-likeness (QED) is 0.472. The second kappa shape index (κ2) is 7.61. The van der Waals surface area contributed by atoms with Gasteiger partial charge in [-0.05, 0) is 37.1 Å². The summed E-state index contributed by atoms with van der Waals surface area (Å²) in [5, 5.41) is 5.75.